The molecule has 1 aliphatic carbocycles. The Hall–Kier alpha value is -2.70. The van der Waals surface area contributed by atoms with Crippen molar-refractivity contribution in [2.75, 3.05) is 0 Å². The van der Waals surface area contributed by atoms with Gasteiger partial charge in [0.15, 0.2) is 0 Å². The number of aliphatic carboxylic acids is 1. The summed E-state index contributed by atoms with van der Waals surface area (Å²) in [6, 6.07) is 5.14. The summed E-state index contributed by atoms with van der Waals surface area (Å²) >= 11 is 0. The monoisotopic (exact) mass is 379 g/mol. The number of allylic oxidation sites excluding steroid dienone is 1. The van der Waals surface area contributed by atoms with Crippen LogP contribution in [0, 0.1) is 19.7 Å². The molecule has 1 atom stereocenters. The number of carbonyl (C=O) groups is 1. The normalized spacial score (nSPS) is 19.9. The fraction of sp³-hybridized carbons (Fsp3) is 0.300. The van der Waals surface area contributed by atoms with Crippen LogP contribution < -0.4 is 0 Å². The fourth-order valence-electron chi connectivity index (χ4n) is 3.53. The Morgan fingerprint density at radius 3 is 2.48 bits per heavy atom. The molecule has 1 aromatic carbocycles. The van der Waals surface area contributed by atoms with Gasteiger partial charge in [0.25, 0.3) is 0 Å². The van der Waals surface area contributed by atoms with Gasteiger partial charge in [-0.25, -0.2) is 4.39 Å². The lowest BCUT2D eigenvalue weighted by molar-refractivity contribution is -0.142. The topological polar surface area (TPSA) is 50.2 Å². The summed E-state index contributed by atoms with van der Waals surface area (Å²) in [7, 11) is 0. The van der Waals surface area contributed by atoms with Gasteiger partial charge in [-0.3, -0.25) is 9.78 Å². The predicted octanol–water partition coefficient (Wildman–Crippen LogP) is 5.06. The molecule has 1 aliphatic rings. The molecule has 3 nitrogen and oxygen atoms in total. The van der Waals surface area contributed by atoms with Gasteiger partial charge in [-0.05, 0) is 66.6 Å². The van der Waals surface area contributed by atoms with Crippen molar-refractivity contribution < 1.29 is 27.5 Å². The van der Waals surface area contributed by atoms with E-state index in [2.05, 4.69) is 4.98 Å². The first kappa shape index (κ1) is 19.1. The molecule has 0 aliphatic heterocycles. The van der Waals surface area contributed by atoms with Crippen LogP contribution in [-0.2, 0) is 16.4 Å². The minimum Gasteiger partial charge on any atom is -0.480 e. The van der Waals surface area contributed by atoms with Gasteiger partial charge in [0.05, 0.1) is 0 Å². The van der Waals surface area contributed by atoms with Crippen molar-refractivity contribution in [2.24, 2.45) is 0 Å². The van der Waals surface area contributed by atoms with Crippen molar-refractivity contribution in [3.8, 4) is 0 Å². The molecule has 0 bridgehead atoms. The summed E-state index contributed by atoms with van der Waals surface area (Å²) in [4.78, 5) is 15.6. The molecule has 3 rings (SSSR count). The first-order valence-corrected chi connectivity index (χ1v) is 8.30. The van der Waals surface area contributed by atoms with E-state index in [0.717, 1.165) is 12.3 Å². The molecule has 0 saturated heterocycles. The van der Waals surface area contributed by atoms with Crippen LogP contribution in [-0.4, -0.2) is 16.1 Å². The first-order valence-electron chi connectivity index (χ1n) is 8.30. The molecule has 1 unspecified atom stereocenters. The molecule has 0 fully saturated rings. The van der Waals surface area contributed by atoms with Gasteiger partial charge >= 0.3 is 12.1 Å². The van der Waals surface area contributed by atoms with Crippen molar-refractivity contribution in [3.05, 3.63) is 70.3 Å². The second kappa shape index (κ2) is 6.48. The van der Waals surface area contributed by atoms with Crippen LogP contribution in [0.4, 0.5) is 17.6 Å². The van der Waals surface area contributed by atoms with Gasteiger partial charge in [0.1, 0.15) is 16.9 Å². The lowest BCUT2D eigenvalue weighted by Crippen LogP contribution is -2.32. The van der Waals surface area contributed by atoms with E-state index in [1.54, 1.807) is 13.0 Å². The standard InChI is InChI=1S/C20H17F4NO2/c1-11-7-15(12(2)16(21)8-11)19(18(26)27)6-5-13(9-19)14-3-4-17(25-10-14)20(22,23)24/h3-4,7-10H,5-6H2,1-2H3,(H,26,27). The zero-order valence-electron chi connectivity index (χ0n) is 14.7. The number of rotatable bonds is 3. The maximum absolute atomic E-state index is 14.2. The van der Waals surface area contributed by atoms with Gasteiger partial charge in [-0.2, -0.15) is 13.2 Å². The highest BCUT2D eigenvalue weighted by Crippen LogP contribution is 2.45. The number of aryl methyl sites for hydroxylation is 1. The Labute approximate surface area is 153 Å². The summed E-state index contributed by atoms with van der Waals surface area (Å²) in [6.07, 6.45) is -1.39. The third-order valence-corrected chi connectivity index (χ3v) is 4.98. The SMILES string of the molecule is Cc1cc(F)c(C)c(C2(C(=O)O)C=C(c3ccc(C(F)(F)F)nc3)CC2)c1. The molecule has 0 amide bonds. The summed E-state index contributed by atoms with van der Waals surface area (Å²) in [5.41, 5.74) is -0.197. The number of halogens is 4. The minimum atomic E-state index is -4.54. The Bertz CT molecular complexity index is 932. The molecule has 0 spiro atoms. The molecule has 27 heavy (non-hydrogen) atoms. The van der Waals surface area contributed by atoms with Crippen LogP contribution in [0.1, 0.15) is 40.8 Å². The number of carboxylic acids is 1. The van der Waals surface area contributed by atoms with Crippen LogP contribution in [0.15, 0.2) is 36.5 Å². The average Bonchev–Trinajstić information content (AvgIpc) is 3.04. The van der Waals surface area contributed by atoms with Gasteiger partial charge in [0.2, 0.25) is 0 Å². The maximum Gasteiger partial charge on any atom is 0.433 e. The van der Waals surface area contributed by atoms with Crippen LogP contribution in [0.3, 0.4) is 0 Å². The molecule has 7 heteroatoms. The second-order valence-corrected chi connectivity index (χ2v) is 6.80. The minimum absolute atomic E-state index is 0.197. The van der Waals surface area contributed by atoms with E-state index in [1.807, 2.05) is 0 Å². The van der Waals surface area contributed by atoms with Crippen LogP contribution in [0.2, 0.25) is 0 Å². The fourth-order valence-corrected chi connectivity index (χ4v) is 3.53. The number of aromatic nitrogens is 1. The zero-order valence-corrected chi connectivity index (χ0v) is 14.7. The molecule has 1 heterocycles. The van der Waals surface area contributed by atoms with E-state index in [1.165, 1.54) is 25.1 Å². The first-order chi connectivity index (χ1) is 12.5. The third-order valence-electron chi connectivity index (χ3n) is 4.98. The molecule has 1 N–H and O–H groups in total. The average molecular weight is 379 g/mol. The van der Waals surface area contributed by atoms with Crippen LogP contribution in [0.5, 0.6) is 0 Å². The molecule has 0 saturated carbocycles. The number of hydrogen-bond donors (Lipinski definition) is 1. The van der Waals surface area contributed by atoms with Crippen LogP contribution >= 0.6 is 0 Å². The van der Waals surface area contributed by atoms with E-state index in [4.69, 9.17) is 0 Å². The number of carboxylic acid groups (broad SMARTS) is 1. The zero-order chi connectivity index (χ0) is 20.0. The summed E-state index contributed by atoms with van der Waals surface area (Å²) in [6.45, 7) is 3.21. The van der Waals surface area contributed by atoms with E-state index in [9.17, 15) is 27.5 Å². The van der Waals surface area contributed by atoms with Gasteiger partial charge in [-0.1, -0.05) is 18.2 Å². The van der Waals surface area contributed by atoms with Crippen molar-refractivity contribution in [2.45, 2.75) is 38.3 Å². The molecule has 1 aromatic heterocycles. The van der Waals surface area contributed by atoms with Gasteiger partial charge in [0, 0.05) is 6.20 Å². The van der Waals surface area contributed by atoms with Crippen LogP contribution in [0.25, 0.3) is 5.57 Å². The Kier molecular flexibility index (Phi) is 4.57. The number of pyridine rings is 1. The number of nitrogens with zero attached hydrogens (tertiary/aromatic N) is 1. The Balaban J connectivity index is 2.08. The summed E-state index contributed by atoms with van der Waals surface area (Å²) in [5, 5.41) is 9.91. The smallest absolute Gasteiger partial charge is 0.433 e. The van der Waals surface area contributed by atoms with Crippen molar-refractivity contribution in [3.63, 3.8) is 0 Å². The number of hydrogen-bond acceptors (Lipinski definition) is 2. The van der Waals surface area contributed by atoms with E-state index in [-0.39, 0.29) is 12.0 Å². The third kappa shape index (κ3) is 3.34. The predicted molar refractivity (Wildman–Crippen MR) is 91.6 cm³/mol. The number of alkyl halides is 3. The van der Waals surface area contributed by atoms with Gasteiger partial charge < -0.3 is 5.11 Å². The van der Waals surface area contributed by atoms with E-state index in [0.29, 0.717) is 28.7 Å². The quantitative estimate of drug-likeness (QED) is 0.759. The van der Waals surface area contributed by atoms with Crippen molar-refractivity contribution >= 4 is 11.5 Å². The lowest BCUT2D eigenvalue weighted by Gasteiger charge is -2.25. The highest BCUT2D eigenvalue weighted by atomic mass is 19.4. The summed E-state index contributed by atoms with van der Waals surface area (Å²) < 4.78 is 52.2. The molecule has 142 valence electrons. The molecule has 2 aromatic rings. The Morgan fingerprint density at radius 1 is 1.22 bits per heavy atom. The number of benzene rings is 1. The van der Waals surface area contributed by atoms with Crippen molar-refractivity contribution in [1.29, 1.82) is 0 Å². The molecular formula is C20H17F4NO2. The summed E-state index contributed by atoms with van der Waals surface area (Å²) in [5.74, 6) is -1.60. The van der Waals surface area contributed by atoms with E-state index >= 15 is 0 Å². The largest absolute Gasteiger partial charge is 0.480 e. The lowest BCUT2D eigenvalue weighted by atomic mass is 9.77. The molecular weight excluding hydrogens is 362 g/mol. The highest BCUT2D eigenvalue weighted by Gasteiger charge is 2.44. The maximum atomic E-state index is 14.2. The highest BCUT2D eigenvalue weighted by molar-refractivity contribution is 5.90. The molecule has 0 radical (unpaired) electrons. The van der Waals surface area contributed by atoms with E-state index < -0.39 is 29.1 Å². The second-order valence-electron chi connectivity index (χ2n) is 6.80. The Morgan fingerprint density at radius 2 is 1.93 bits per heavy atom. The van der Waals surface area contributed by atoms with Gasteiger partial charge in [-0.15, -0.1) is 0 Å². The van der Waals surface area contributed by atoms with Crippen molar-refractivity contribution in [1.82, 2.24) is 4.98 Å².